The molecule has 1 aromatic carbocycles. The molecule has 0 bridgehead atoms. The van der Waals surface area contributed by atoms with E-state index in [1.807, 2.05) is 24.3 Å². The summed E-state index contributed by atoms with van der Waals surface area (Å²) in [6, 6.07) is 8.40. The molecule has 82 valence electrons. The van der Waals surface area contributed by atoms with Crippen LogP contribution in [0.1, 0.15) is 13.3 Å². The highest BCUT2D eigenvalue weighted by molar-refractivity contribution is 5.49. The number of methoxy groups -OCH3 is 1. The molecule has 0 unspecified atom stereocenters. The quantitative estimate of drug-likeness (QED) is 0.824. The van der Waals surface area contributed by atoms with Gasteiger partial charge in [-0.25, -0.2) is 0 Å². The van der Waals surface area contributed by atoms with E-state index in [1.165, 1.54) is 0 Å². The maximum absolute atomic E-state index is 5.50. The summed E-state index contributed by atoms with van der Waals surface area (Å²) in [5, 5.41) is 3.46. The van der Waals surface area contributed by atoms with Crippen molar-refractivity contribution in [3.63, 3.8) is 0 Å². The third kappa shape index (κ3) is 2.42. The lowest BCUT2D eigenvalue weighted by molar-refractivity contribution is 0.121. The summed E-state index contributed by atoms with van der Waals surface area (Å²) in [7, 11) is 1.68. The van der Waals surface area contributed by atoms with Crippen molar-refractivity contribution in [2.24, 2.45) is 0 Å². The predicted molar refractivity (Wildman–Crippen MR) is 60.4 cm³/mol. The summed E-state index contributed by atoms with van der Waals surface area (Å²) >= 11 is 0. The molecule has 2 rings (SSSR count). The fourth-order valence-corrected chi connectivity index (χ4v) is 1.85. The zero-order valence-electron chi connectivity index (χ0n) is 9.19. The van der Waals surface area contributed by atoms with Gasteiger partial charge in [-0.1, -0.05) is 6.07 Å². The number of hydrogen-bond acceptors (Lipinski definition) is 3. The third-order valence-electron chi connectivity index (χ3n) is 2.80. The van der Waals surface area contributed by atoms with E-state index in [9.17, 15) is 0 Å². The Labute approximate surface area is 90.4 Å². The molecule has 0 aliphatic carbocycles. The molecule has 0 amide bonds. The lowest BCUT2D eigenvalue weighted by Crippen LogP contribution is -2.26. The molecular weight excluding hydrogens is 190 g/mol. The van der Waals surface area contributed by atoms with Gasteiger partial charge in [-0.15, -0.1) is 0 Å². The Morgan fingerprint density at radius 3 is 3.00 bits per heavy atom. The standard InChI is InChI=1S/C12H17NO2/c1-9-12(6-7-15-9)13-10-4-3-5-11(8-10)14-2/h3-5,8-9,12-13H,6-7H2,1-2H3/t9-,12+/m1/s1. The van der Waals surface area contributed by atoms with Crippen molar-refractivity contribution in [3.05, 3.63) is 24.3 Å². The van der Waals surface area contributed by atoms with Crippen LogP contribution in [0.15, 0.2) is 24.3 Å². The molecule has 1 aliphatic heterocycles. The van der Waals surface area contributed by atoms with Crippen LogP contribution in [0.4, 0.5) is 5.69 Å². The second-order valence-electron chi connectivity index (χ2n) is 3.85. The van der Waals surface area contributed by atoms with Crippen LogP contribution in [0.3, 0.4) is 0 Å². The minimum Gasteiger partial charge on any atom is -0.497 e. The highest BCUT2D eigenvalue weighted by Gasteiger charge is 2.23. The van der Waals surface area contributed by atoms with Crippen molar-refractivity contribution < 1.29 is 9.47 Å². The van der Waals surface area contributed by atoms with Crippen molar-refractivity contribution in [3.8, 4) is 5.75 Å². The summed E-state index contributed by atoms with van der Waals surface area (Å²) in [4.78, 5) is 0. The zero-order valence-corrected chi connectivity index (χ0v) is 9.19. The molecule has 3 nitrogen and oxygen atoms in total. The molecule has 1 fully saturated rings. The van der Waals surface area contributed by atoms with Crippen molar-refractivity contribution >= 4 is 5.69 Å². The van der Waals surface area contributed by atoms with Gasteiger partial charge in [0.1, 0.15) is 5.75 Å². The lowest BCUT2D eigenvalue weighted by atomic mass is 10.1. The Bertz CT molecular complexity index is 327. The van der Waals surface area contributed by atoms with Gasteiger partial charge in [0, 0.05) is 18.4 Å². The first-order chi connectivity index (χ1) is 7.29. The molecule has 1 aliphatic rings. The molecule has 0 aromatic heterocycles. The molecule has 0 spiro atoms. The predicted octanol–water partition coefficient (Wildman–Crippen LogP) is 2.28. The van der Waals surface area contributed by atoms with Crippen LogP contribution in [0, 0.1) is 0 Å². The van der Waals surface area contributed by atoms with E-state index in [0.29, 0.717) is 6.04 Å². The fourth-order valence-electron chi connectivity index (χ4n) is 1.85. The first-order valence-corrected chi connectivity index (χ1v) is 5.32. The summed E-state index contributed by atoms with van der Waals surface area (Å²) < 4.78 is 10.7. The lowest BCUT2D eigenvalue weighted by Gasteiger charge is -2.17. The molecule has 3 heteroatoms. The molecule has 1 N–H and O–H groups in total. The van der Waals surface area contributed by atoms with Crippen LogP contribution >= 0.6 is 0 Å². The van der Waals surface area contributed by atoms with Gasteiger partial charge >= 0.3 is 0 Å². The Kier molecular flexibility index (Phi) is 3.11. The Hall–Kier alpha value is -1.22. The number of hydrogen-bond donors (Lipinski definition) is 1. The molecule has 1 aromatic rings. The summed E-state index contributed by atoms with van der Waals surface area (Å²) in [5.74, 6) is 0.881. The molecule has 15 heavy (non-hydrogen) atoms. The van der Waals surface area contributed by atoms with Gasteiger partial charge in [-0.3, -0.25) is 0 Å². The van der Waals surface area contributed by atoms with E-state index < -0.39 is 0 Å². The largest absolute Gasteiger partial charge is 0.497 e. The highest BCUT2D eigenvalue weighted by atomic mass is 16.5. The number of ether oxygens (including phenoxy) is 2. The highest BCUT2D eigenvalue weighted by Crippen LogP contribution is 2.21. The van der Waals surface area contributed by atoms with Crippen LogP contribution < -0.4 is 10.1 Å². The minimum atomic E-state index is 0.288. The third-order valence-corrected chi connectivity index (χ3v) is 2.80. The monoisotopic (exact) mass is 207 g/mol. The summed E-state index contributed by atoms with van der Waals surface area (Å²) in [6.07, 6.45) is 1.36. The Morgan fingerprint density at radius 1 is 1.47 bits per heavy atom. The first-order valence-electron chi connectivity index (χ1n) is 5.32. The van der Waals surface area contributed by atoms with Crippen molar-refractivity contribution in [1.29, 1.82) is 0 Å². The average molecular weight is 207 g/mol. The number of rotatable bonds is 3. The van der Waals surface area contributed by atoms with E-state index >= 15 is 0 Å². The fraction of sp³-hybridized carbons (Fsp3) is 0.500. The second-order valence-corrected chi connectivity index (χ2v) is 3.85. The van der Waals surface area contributed by atoms with Gasteiger partial charge < -0.3 is 14.8 Å². The SMILES string of the molecule is COc1cccc(N[C@H]2CCO[C@@H]2C)c1. The summed E-state index contributed by atoms with van der Waals surface area (Å²) in [5.41, 5.74) is 1.09. The summed E-state index contributed by atoms with van der Waals surface area (Å²) in [6.45, 7) is 2.95. The number of nitrogens with one attached hydrogen (secondary N) is 1. The molecule has 1 heterocycles. The molecular formula is C12H17NO2. The normalized spacial score (nSPS) is 25.2. The maximum Gasteiger partial charge on any atom is 0.120 e. The van der Waals surface area contributed by atoms with Gasteiger partial charge in [0.05, 0.1) is 19.3 Å². The van der Waals surface area contributed by atoms with Crippen LogP contribution in [0.25, 0.3) is 0 Å². The van der Waals surface area contributed by atoms with Gasteiger partial charge in [-0.05, 0) is 25.5 Å². The van der Waals surface area contributed by atoms with Crippen molar-refractivity contribution in [2.45, 2.75) is 25.5 Å². The Balaban J connectivity index is 2.03. The molecule has 2 atom stereocenters. The van der Waals surface area contributed by atoms with Crippen LogP contribution in [-0.4, -0.2) is 25.9 Å². The second kappa shape index (κ2) is 4.53. The molecule has 0 radical (unpaired) electrons. The van der Waals surface area contributed by atoms with Gasteiger partial charge in [0.15, 0.2) is 0 Å². The number of benzene rings is 1. The minimum absolute atomic E-state index is 0.288. The van der Waals surface area contributed by atoms with Crippen LogP contribution in [0.5, 0.6) is 5.75 Å². The van der Waals surface area contributed by atoms with E-state index in [0.717, 1.165) is 24.5 Å². The van der Waals surface area contributed by atoms with E-state index in [1.54, 1.807) is 7.11 Å². The van der Waals surface area contributed by atoms with Gasteiger partial charge in [-0.2, -0.15) is 0 Å². The van der Waals surface area contributed by atoms with E-state index in [4.69, 9.17) is 9.47 Å². The van der Waals surface area contributed by atoms with Gasteiger partial charge in [0.25, 0.3) is 0 Å². The van der Waals surface area contributed by atoms with Crippen molar-refractivity contribution in [1.82, 2.24) is 0 Å². The smallest absolute Gasteiger partial charge is 0.120 e. The Morgan fingerprint density at radius 2 is 2.33 bits per heavy atom. The van der Waals surface area contributed by atoms with Gasteiger partial charge in [0.2, 0.25) is 0 Å². The zero-order chi connectivity index (χ0) is 10.7. The van der Waals surface area contributed by atoms with E-state index in [-0.39, 0.29) is 6.10 Å². The van der Waals surface area contributed by atoms with Crippen molar-refractivity contribution in [2.75, 3.05) is 19.0 Å². The molecule has 1 saturated heterocycles. The van der Waals surface area contributed by atoms with E-state index in [2.05, 4.69) is 12.2 Å². The van der Waals surface area contributed by atoms with Crippen LogP contribution in [-0.2, 0) is 4.74 Å². The first kappa shape index (κ1) is 10.3. The van der Waals surface area contributed by atoms with Crippen LogP contribution in [0.2, 0.25) is 0 Å². The molecule has 0 saturated carbocycles. The topological polar surface area (TPSA) is 30.5 Å². The number of anilines is 1. The maximum atomic E-state index is 5.50. The average Bonchev–Trinajstić information content (AvgIpc) is 2.65.